The second-order valence-electron chi connectivity index (χ2n) is 1.73. The van der Waals surface area contributed by atoms with Crippen LogP contribution in [0.3, 0.4) is 0 Å². The number of carboxylic acids is 1. The molecule has 1 N–H and O–H groups in total. The van der Waals surface area contributed by atoms with Gasteiger partial charge in [0.25, 0.3) is 10.1 Å². The Morgan fingerprint density at radius 2 is 1.62 bits per heavy atom. The number of rotatable bonds is 3. The van der Waals surface area contributed by atoms with Crippen LogP contribution in [0.4, 0.5) is 0 Å². The molecule has 0 aliphatic heterocycles. The SMILES string of the molecule is O=C([O-])CC(=C([O-])[O-])S(=O)(=O)O.[Na+]. The number of carbonyl (C=O) groups excluding carboxylic acids is 1. The van der Waals surface area contributed by atoms with Crippen molar-refractivity contribution in [1.29, 1.82) is 0 Å². The fourth-order valence-corrected chi connectivity index (χ4v) is 0.911. The molecule has 13 heavy (non-hydrogen) atoms. The van der Waals surface area contributed by atoms with Crippen LogP contribution in [-0.2, 0) is 14.9 Å². The zero-order chi connectivity index (χ0) is 9.94. The Morgan fingerprint density at radius 1 is 1.23 bits per heavy atom. The molecule has 0 aliphatic carbocycles. The quantitative estimate of drug-likeness (QED) is 0.282. The molecule has 9 heteroatoms. The fraction of sp³-hybridized carbons (Fsp3) is 0.250. The molecule has 0 amide bonds. The van der Waals surface area contributed by atoms with Gasteiger partial charge in [0.1, 0.15) is 0 Å². The van der Waals surface area contributed by atoms with Gasteiger partial charge >= 0.3 is 29.6 Å². The molecule has 0 fully saturated rings. The molecular formula is C4H3NaO7S-2. The molecular weight excluding hydrogens is 215 g/mol. The monoisotopic (exact) mass is 218 g/mol. The van der Waals surface area contributed by atoms with Gasteiger partial charge in [-0.15, -0.1) is 0 Å². The molecule has 0 aliphatic rings. The molecule has 0 aromatic carbocycles. The van der Waals surface area contributed by atoms with Gasteiger partial charge in [0, 0.05) is 12.4 Å². The van der Waals surface area contributed by atoms with E-state index in [9.17, 15) is 28.5 Å². The molecule has 0 saturated carbocycles. The minimum absolute atomic E-state index is 0. The predicted molar refractivity (Wildman–Crippen MR) is 28.2 cm³/mol. The van der Waals surface area contributed by atoms with Crippen molar-refractivity contribution < 1.29 is 62.6 Å². The molecule has 70 valence electrons. The second-order valence-corrected chi connectivity index (χ2v) is 3.18. The molecule has 0 heterocycles. The molecule has 0 spiro atoms. The van der Waals surface area contributed by atoms with E-state index >= 15 is 0 Å². The third-order valence-corrected chi connectivity index (χ3v) is 1.78. The number of hydrogen-bond acceptors (Lipinski definition) is 6. The zero-order valence-corrected chi connectivity index (χ0v) is 9.33. The summed E-state index contributed by atoms with van der Waals surface area (Å²) in [5.74, 6) is -4.20. The number of carbonyl (C=O) groups is 1. The zero-order valence-electron chi connectivity index (χ0n) is 6.51. The first-order valence-corrected chi connectivity index (χ1v) is 3.93. The van der Waals surface area contributed by atoms with E-state index in [2.05, 4.69) is 0 Å². The van der Waals surface area contributed by atoms with Crippen LogP contribution in [0.15, 0.2) is 10.9 Å². The first-order chi connectivity index (χ1) is 5.25. The number of aliphatic carboxylic acids is 1. The molecule has 0 aromatic rings. The van der Waals surface area contributed by atoms with E-state index in [1.165, 1.54) is 0 Å². The third kappa shape index (κ3) is 5.88. The summed E-state index contributed by atoms with van der Waals surface area (Å²) in [6, 6.07) is 0. The van der Waals surface area contributed by atoms with Crippen LogP contribution in [0.5, 0.6) is 0 Å². The summed E-state index contributed by atoms with van der Waals surface area (Å²) >= 11 is 0. The van der Waals surface area contributed by atoms with E-state index in [-0.39, 0.29) is 29.6 Å². The maximum atomic E-state index is 10.1. The Morgan fingerprint density at radius 3 is 1.69 bits per heavy atom. The molecule has 0 aromatic heterocycles. The van der Waals surface area contributed by atoms with E-state index < -0.39 is 33.4 Å². The van der Waals surface area contributed by atoms with Gasteiger partial charge in [-0.3, -0.25) is 4.55 Å². The Labute approximate surface area is 95.7 Å². The van der Waals surface area contributed by atoms with Crippen LogP contribution in [0.2, 0.25) is 0 Å². The topological polar surface area (TPSA) is 141 Å². The van der Waals surface area contributed by atoms with Crippen molar-refractivity contribution in [2.45, 2.75) is 6.42 Å². The molecule has 7 nitrogen and oxygen atoms in total. The standard InChI is InChI=1S/C4H6O7S.Na/c5-3(6)1-2(4(7)8)12(9,10)11;/h7-8H,1H2,(H,5,6)(H,9,10,11);/q;+1/p-3. The minimum atomic E-state index is -5.03. The van der Waals surface area contributed by atoms with Gasteiger partial charge in [-0.25, -0.2) is 0 Å². The van der Waals surface area contributed by atoms with Crippen molar-refractivity contribution in [3.05, 3.63) is 10.9 Å². The van der Waals surface area contributed by atoms with Crippen molar-refractivity contribution in [1.82, 2.24) is 0 Å². The average Bonchev–Trinajstić information content (AvgIpc) is 1.79. The van der Waals surface area contributed by atoms with Gasteiger partial charge in [0.05, 0.1) is 4.91 Å². The maximum Gasteiger partial charge on any atom is 1.00 e. The van der Waals surface area contributed by atoms with E-state index in [0.29, 0.717) is 0 Å². The van der Waals surface area contributed by atoms with E-state index in [1.807, 2.05) is 0 Å². The summed E-state index contributed by atoms with van der Waals surface area (Å²) in [6.07, 6.45) is -1.42. The summed E-state index contributed by atoms with van der Waals surface area (Å²) in [4.78, 5) is 8.14. The van der Waals surface area contributed by atoms with Crippen LogP contribution in [0.1, 0.15) is 6.42 Å². The largest absolute Gasteiger partial charge is 1.00 e. The second kappa shape index (κ2) is 5.45. The Balaban J connectivity index is 0. The Bertz CT molecular complexity index is 311. The molecule has 0 rings (SSSR count). The van der Waals surface area contributed by atoms with Crippen molar-refractivity contribution in [3.8, 4) is 0 Å². The van der Waals surface area contributed by atoms with Gasteiger partial charge in [0.15, 0.2) is 0 Å². The van der Waals surface area contributed by atoms with Crippen LogP contribution in [-0.4, -0.2) is 18.9 Å². The predicted octanol–water partition coefficient (Wildman–Crippen LogP) is -7.09. The normalized spacial score (nSPS) is 9.92. The van der Waals surface area contributed by atoms with Crippen LogP contribution in [0.25, 0.3) is 0 Å². The summed E-state index contributed by atoms with van der Waals surface area (Å²) in [5, 5.41) is 29.6. The van der Waals surface area contributed by atoms with Gasteiger partial charge < -0.3 is 20.1 Å². The molecule has 0 bridgehead atoms. The van der Waals surface area contributed by atoms with Crippen molar-refractivity contribution >= 4 is 16.1 Å². The molecule has 0 unspecified atom stereocenters. The smallest absolute Gasteiger partial charge is 0.883 e. The van der Waals surface area contributed by atoms with E-state index in [0.717, 1.165) is 0 Å². The van der Waals surface area contributed by atoms with Crippen LogP contribution in [0, 0.1) is 0 Å². The summed E-state index contributed by atoms with van der Waals surface area (Å²) < 4.78 is 28.3. The maximum absolute atomic E-state index is 10.1. The first kappa shape index (κ1) is 15.2. The molecule has 0 radical (unpaired) electrons. The van der Waals surface area contributed by atoms with Crippen molar-refractivity contribution in [2.24, 2.45) is 0 Å². The molecule has 0 atom stereocenters. The van der Waals surface area contributed by atoms with Gasteiger partial charge in [-0.1, -0.05) is 0 Å². The number of carboxylic acid groups (broad SMARTS) is 1. The Kier molecular flexibility index (Phi) is 6.37. The van der Waals surface area contributed by atoms with Gasteiger partial charge in [-0.2, -0.15) is 14.4 Å². The minimum Gasteiger partial charge on any atom is -0.883 e. The van der Waals surface area contributed by atoms with Gasteiger partial charge in [0.2, 0.25) is 0 Å². The van der Waals surface area contributed by atoms with Crippen molar-refractivity contribution in [3.63, 3.8) is 0 Å². The van der Waals surface area contributed by atoms with E-state index in [1.54, 1.807) is 0 Å². The summed E-state index contributed by atoms with van der Waals surface area (Å²) in [6.45, 7) is 0. The van der Waals surface area contributed by atoms with Gasteiger partial charge in [-0.05, 0) is 0 Å². The van der Waals surface area contributed by atoms with Crippen LogP contribution < -0.4 is 44.9 Å². The molecule has 0 saturated heterocycles. The fourth-order valence-electron chi connectivity index (χ4n) is 0.400. The Hall–Kier alpha value is -0.280. The number of hydrogen-bond donors (Lipinski definition) is 1. The third-order valence-electron chi connectivity index (χ3n) is 0.844. The summed E-state index contributed by atoms with van der Waals surface area (Å²) in [7, 11) is -5.03. The summed E-state index contributed by atoms with van der Waals surface area (Å²) in [5.41, 5.74) is 0. The van der Waals surface area contributed by atoms with Crippen molar-refractivity contribution in [2.75, 3.05) is 0 Å². The average molecular weight is 218 g/mol. The first-order valence-electron chi connectivity index (χ1n) is 2.49. The van der Waals surface area contributed by atoms with Crippen LogP contribution >= 0.6 is 0 Å². The van der Waals surface area contributed by atoms with E-state index in [4.69, 9.17) is 4.55 Å².